The number of rotatable bonds is 4. The Hall–Kier alpha value is -3.41. The first-order valence-corrected chi connectivity index (χ1v) is 9.89. The lowest BCUT2D eigenvalue weighted by Gasteiger charge is -2.26. The molecule has 0 radical (unpaired) electrons. The molecule has 0 aliphatic carbocycles. The molecule has 0 unspecified atom stereocenters. The van der Waals surface area contributed by atoms with Gasteiger partial charge >= 0.3 is 0 Å². The summed E-state index contributed by atoms with van der Waals surface area (Å²) in [6, 6.07) is 16.0. The van der Waals surface area contributed by atoms with E-state index in [9.17, 15) is 9.59 Å². The van der Waals surface area contributed by atoms with E-state index in [0.717, 1.165) is 53.4 Å². The van der Waals surface area contributed by atoms with E-state index in [4.69, 9.17) is 0 Å². The van der Waals surface area contributed by atoms with Crippen LogP contribution in [-0.2, 0) is 11.8 Å². The number of carbonyl (C=O) groups is 2. The van der Waals surface area contributed by atoms with Gasteiger partial charge in [-0.3, -0.25) is 9.59 Å². The number of likely N-dealkylation sites (tertiary alicyclic amines) is 1. The van der Waals surface area contributed by atoms with Crippen LogP contribution >= 0.6 is 0 Å². The van der Waals surface area contributed by atoms with Gasteiger partial charge in [-0.1, -0.05) is 24.3 Å². The predicted molar refractivity (Wildman–Crippen MR) is 113 cm³/mol. The second kappa shape index (κ2) is 8.31. The number of aromatic nitrogens is 1. The molecule has 1 saturated heterocycles. The molecule has 2 amide bonds. The Morgan fingerprint density at radius 3 is 2.69 bits per heavy atom. The van der Waals surface area contributed by atoms with E-state index in [1.807, 2.05) is 65.2 Å². The van der Waals surface area contributed by atoms with Gasteiger partial charge in [0.05, 0.1) is 0 Å². The van der Waals surface area contributed by atoms with Crippen LogP contribution in [-0.4, -0.2) is 34.9 Å². The van der Waals surface area contributed by atoms with Crippen LogP contribution in [0.4, 0.5) is 0 Å². The van der Waals surface area contributed by atoms with E-state index in [-0.39, 0.29) is 5.91 Å². The van der Waals surface area contributed by atoms with Crippen molar-refractivity contribution in [1.29, 1.82) is 0 Å². The van der Waals surface area contributed by atoms with Gasteiger partial charge < -0.3 is 9.47 Å². The van der Waals surface area contributed by atoms with E-state index < -0.39 is 0 Å². The Balaban J connectivity index is 1.74. The summed E-state index contributed by atoms with van der Waals surface area (Å²) in [5, 5.41) is 6.18. The van der Waals surface area contributed by atoms with Crippen LogP contribution in [0.5, 0.6) is 0 Å². The Kier molecular flexibility index (Phi) is 5.42. The second-order valence-electron chi connectivity index (χ2n) is 7.34. The minimum Gasteiger partial charge on any atom is -0.339 e. The van der Waals surface area contributed by atoms with Crippen LogP contribution in [0, 0.1) is 0 Å². The van der Waals surface area contributed by atoms with Crippen molar-refractivity contribution in [2.75, 3.05) is 13.1 Å². The summed E-state index contributed by atoms with van der Waals surface area (Å²) >= 11 is 0. The zero-order valence-electron chi connectivity index (χ0n) is 16.5. The van der Waals surface area contributed by atoms with Crippen molar-refractivity contribution in [3.63, 3.8) is 0 Å². The average molecular weight is 388 g/mol. The highest BCUT2D eigenvalue weighted by atomic mass is 16.2. The highest BCUT2D eigenvalue weighted by Gasteiger charge is 2.18. The lowest BCUT2D eigenvalue weighted by Crippen LogP contribution is -2.35. The molecule has 6 nitrogen and oxygen atoms in total. The maximum absolute atomic E-state index is 12.9. The van der Waals surface area contributed by atoms with E-state index in [2.05, 4.69) is 16.6 Å². The van der Waals surface area contributed by atoms with Crippen LogP contribution in [0.1, 0.15) is 29.6 Å². The number of piperidine rings is 1. The van der Waals surface area contributed by atoms with Crippen molar-refractivity contribution in [2.24, 2.45) is 12.1 Å². The number of hydrogen-bond acceptors (Lipinski definition) is 3. The molecule has 1 aliphatic heterocycles. The normalized spacial score (nSPS) is 14.8. The summed E-state index contributed by atoms with van der Waals surface area (Å²) in [4.78, 5) is 25.4. The molecule has 1 N–H and O–H groups in total. The number of amides is 2. The first-order valence-electron chi connectivity index (χ1n) is 9.89. The molecule has 0 saturated carbocycles. The second-order valence-corrected chi connectivity index (χ2v) is 7.34. The largest absolute Gasteiger partial charge is 0.339 e. The summed E-state index contributed by atoms with van der Waals surface area (Å²) in [7, 11) is 1.87. The van der Waals surface area contributed by atoms with Gasteiger partial charge in [-0.2, -0.15) is 5.10 Å². The predicted octanol–water partition coefficient (Wildman–Crippen LogP) is 3.03. The molecule has 6 heteroatoms. The molecule has 0 bridgehead atoms. The average Bonchev–Trinajstić information content (AvgIpc) is 2.78. The number of pyridine rings is 1. The highest BCUT2D eigenvalue weighted by molar-refractivity contribution is 6.02. The van der Waals surface area contributed by atoms with E-state index in [0.29, 0.717) is 11.9 Å². The van der Waals surface area contributed by atoms with Crippen molar-refractivity contribution >= 4 is 23.1 Å². The summed E-state index contributed by atoms with van der Waals surface area (Å²) < 4.78 is 1.83. The maximum atomic E-state index is 12.9. The van der Waals surface area contributed by atoms with Gasteiger partial charge in [0, 0.05) is 31.9 Å². The van der Waals surface area contributed by atoms with Gasteiger partial charge in [-0.25, -0.2) is 5.43 Å². The minimum atomic E-state index is 0.116. The number of carbonyl (C=O) groups excluding carboxylic acids is 2. The van der Waals surface area contributed by atoms with E-state index in [1.54, 1.807) is 0 Å². The first kappa shape index (κ1) is 18.9. The fourth-order valence-corrected chi connectivity index (χ4v) is 3.88. The third kappa shape index (κ3) is 3.92. The quantitative estimate of drug-likeness (QED) is 0.551. The molecule has 3 aromatic rings. The molecular formula is C23H24N4O2. The van der Waals surface area contributed by atoms with Gasteiger partial charge in [-0.15, -0.1) is 0 Å². The van der Waals surface area contributed by atoms with Crippen molar-refractivity contribution in [1.82, 2.24) is 14.9 Å². The van der Waals surface area contributed by atoms with Crippen LogP contribution in [0.3, 0.4) is 0 Å². The molecule has 0 atom stereocenters. The molecule has 0 spiro atoms. The number of aryl methyl sites for hydroxylation is 1. The molecule has 1 fully saturated rings. The van der Waals surface area contributed by atoms with Gasteiger partial charge in [0.25, 0.3) is 5.91 Å². The van der Waals surface area contributed by atoms with Crippen LogP contribution in [0.25, 0.3) is 21.9 Å². The number of nitrogens with one attached hydrogen (secondary N) is 1. The summed E-state index contributed by atoms with van der Waals surface area (Å²) in [6.45, 7) is 1.69. The first-order chi connectivity index (χ1) is 14.2. The van der Waals surface area contributed by atoms with Gasteiger partial charge in [0.2, 0.25) is 6.41 Å². The number of hydrogen-bond donors (Lipinski definition) is 1. The Morgan fingerprint density at radius 2 is 1.90 bits per heavy atom. The van der Waals surface area contributed by atoms with Crippen LogP contribution in [0.2, 0.25) is 0 Å². The fourth-order valence-electron chi connectivity index (χ4n) is 3.88. The van der Waals surface area contributed by atoms with E-state index in [1.165, 1.54) is 6.42 Å². The van der Waals surface area contributed by atoms with Gasteiger partial charge in [0.15, 0.2) is 5.49 Å². The molecule has 29 heavy (non-hydrogen) atoms. The molecule has 1 aliphatic rings. The lowest BCUT2D eigenvalue weighted by atomic mass is 9.97. The standard InChI is InChI=1S/C23H24N4O2/c1-26-13-10-18(15-22(26)25-24-16-28)20-7-5-6-17-14-19(8-9-21(17)20)23(29)27-11-3-2-4-12-27/h5-10,13-16H,2-4,11-12H2,1H3,(H,24,28)/b25-22-. The van der Waals surface area contributed by atoms with Gasteiger partial charge in [0.1, 0.15) is 0 Å². The number of benzene rings is 2. The Bertz CT molecular complexity index is 1130. The van der Waals surface area contributed by atoms with E-state index >= 15 is 0 Å². The third-order valence-electron chi connectivity index (χ3n) is 5.44. The Morgan fingerprint density at radius 1 is 1.07 bits per heavy atom. The zero-order chi connectivity index (χ0) is 20.2. The van der Waals surface area contributed by atoms with Crippen molar-refractivity contribution in [2.45, 2.75) is 19.3 Å². The van der Waals surface area contributed by atoms with Crippen molar-refractivity contribution in [3.05, 3.63) is 65.8 Å². The van der Waals surface area contributed by atoms with Crippen LogP contribution in [0.15, 0.2) is 59.8 Å². The van der Waals surface area contributed by atoms with Crippen LogP contribution < -0.4 is 10.9 Å². The molecule has 4 rings (SSSR count). The summed E-state index contributed by atoms with van der Waals surface area (Å²) in [5.41, 5.74) is 5.79. The monoisotopic (exact) mass is 388 g/mol. The van der Waals surface area contributed by atoms with Gasteiger partial charge in [-0.05, 0) is 65.4 Å². The lowest BCUT2D eigenvalue weighted by molar-refractivity contribution is -0.109. The summed E-state index contributed by atoms with van der Waals surface area (Å²) in [5.74, 6) is 0.116. The molecule has 1 aromatic heterocycles. The SMILES string of the molecule is Cn1ccc(-c2cccc3cc(C(=O)N4CCCCC4)ccc23)c/c1=N/NC=O. The molecule has 2 aromatic carbocycles. The third-order valence-corrected chi connectivity index (χ3v) is 5.44. The summed E-state index contributed by atoms with van der Waals surface area (Å²) in [6.07, 6.45) is 5.83. The smallest absolute Gasteiger partial charge is 0.253 e. The van der Waals surface area contributed by atoms with Crippen molar-refractivity contribution < 1.29 is 9.59 Å². The minimum absolute atomic E-state index is 0.116. The molecule has 2 heterocycles. The fraction of sp³-hybridized carbons (Fsp3) is 0.261. The topological polar surface area (TPSA) is 66.7 Å². The Labute approximate surface area is 169 Å². The highest BCUT2D eigenvalue weighted by Crippen LogP contribution is 2.29. The maximum Gasteiger partial charge on any atom is 0.253 e. The number of fused-ring (bicyclic) bond motifs is 1. The van der Waals surface area contributed by atoms with Crippen molar-refractivity contribution in [3.8, 4) is 11.1 Å². The number of nitrogens with zero attached hydrogens (tertiary/aromatic N) is 3. The molecular weight excluding hydrogens is 364 g/mol. The zero-order valence-corrected chi connectivity index (χ0v) is 16.5. The molecule has 148 valence electrons.